The molecule has 0 bridgehead atoms. The Balaban J connectivity index is 0.000000707. The van der Waals surface area contributed by atoms with Crippen LogP contribution in [0.4, 0.5) is 34.1 Å². The Morgan fingerprint density at radius 3 is 0.893 bits per heavy atom. The number of benzene rings is 7. The molecule has 0 aromatic heterocycles. The van der Waals surface area contributed by atoms with Crippen molar-refractivity contribution >= 4 is 34.1 Å². The molecule has 2 heterocycles. The second-order valence-electron chi connectivity index (χ2n) is 12.3. The molecular weight excluding hydrogens is 685 g/mol. The van der Waals surface area contributed by atoms with E-state index >= 15 is 0 Å². The summed E-state index contributed by atoms with van der Waals surface area (Å²) >= 11 is 0. The fraction of sp³-hybridized carbons (Fsp3) is 0.192. The first-order chi connectivity index (χ1) is 27.8. The van der Waals surface area contributed by atoms with Crippen LogP contribution in [0.2, 0.25) is 0 Å². The van der Waals surface area contributed by atoms with Crippen molar-refractivity contribution < 1.29 is 9.47 Å². The predicted octanol–water partition coefficient (Wildman–Crippen LogP) is 16.1. The smallest absolute Gasteiger partial charge is 0.151 e. The number of hydrogen-bond donors (Lipinski definition) is 0. The van der Waals surface area contributed by atoms with Gasteiger partial charge in [0.25, 0.3) is 0 Å². The standard InChI is InChI=1S/C44H32N2O2.4C2H6/c1-5-16-41-37(12-1)45(38-13-2-6-17-42(38)47-41)35-24-20-31(21-25-35)28-33-10-9-11-34(30-33)29-32-22-26-36(27-23-32)46-39-14-3-7-18-43(39)48-44-19-8-4-15-40(44)46;4*1-2/h1-27,30H,28-29H2;4*1-2H3. The number of rotatable bonds is 6. The number of hydrogen-bond acceptors (Lipinski definition) is 4. The molecule has 2 aliphatic rings. The zero-order valence-corrected chi connectivity index (χ0v) is 34.3. The molecule has 0 fully saturated rings. The molecule has 286 valence electrons. The lowest BCUT2D eigenvalue weighted by Crippen LogP contribution is -2.15. The number of fused-ring (bicyclic) bond motifs is 4. The van der Waals surface area contributed by atoms with E-state index in [4.69, 9.17) is 9.47 Å². The van der Waals surface area contributed by atoms with Crippen LogP contribution in [-0.2, 0) is 12.8 Å². The maximum Gasteiger partial charge on any atom is 0.151 e. The lowest BCUT2D eigenvalue weighted by Gasteiger charge is -2.32. The van der Waals surface area contributed by atoms with E-state index in [0.717, 1.165) is 70.0 Å². The molecule has 7 aromatic carbocycles. The second kappa shape index (κ2) is 20.4. The van der Waals surface area contributed by atoms with E-state index in [9.17, 15) is 0 Å². The summed E-state index contributed by atoms with van der Waals surface area (Å²) in [7, 11) is 0. The third-order valence-electron chi connectivity index (χ3n) is 9.06. The largest absolute Gasteiger partial charge is 0.453 e. The van der Waals surface area contributed by atoms with Gasteiger partial charge in [-0.1, -0.05) is 152 Å². The van der Waals surface area contributed by atoms with Gasteiger partial charge in [0.2, 0.25) is 0 Å². The highest BCUT2D eigenvalue weighted by Gasteiger charge is 2.26. The van der Waals surface area contributed by atoms with Crippen LogP contribution < -0.4 is 19.3 Å². The zero-order valence-electron chi connectivity index (χ0n) is 34.3. The topological polar surface area (TPSA) is 24.9 Å². The predicted molar refractivity (Wildman–Crippen MR) is 240 cm³/mol. The van der Waals surface area contributed by atoms with Crippen molar-refractivity contribution in [2.24, 2.45) is 0 Å². The summed E-state index contributed by atoms with van der Waals surface area (Å²) in [6, 6.07) is 59.6. The van der Waals surface area contributed by atoms with Crippen molar-refractivity contribution in [2.45, 2.75) is 68.2 Å². The summed E-state index contributed by atoms with van der Waals surface area (Å²) in [6.45, 7) is 16.0. The summed E-state index contributed by atoms with van der Waals surface area (Å²) in [5, 5.41) is 0. The van der Waals surface area contributed by atoms with Gasteiger partial charge in [0.1, 0.15) is 0 Å². The Kier molecular flexibility index (Phi) is 14.9. The molecule has 0 saturated heterocycles. The molecule has 9 rings (SSSR count). The van der Waals surface area contributed by atoms with Crippen LogP contribution in [0.25, 0.3) is 0 Å². The third kappa shape index (κ3) is 8.98. The van der Waals surface area contributed by atoms with Crippen LogP contribution in [0.5, 0.6) is 23.0 Å². The minimum Gasteiger partial charge on any atom is -0.453 e. The highest BCUT2D eigenvalue weighted by atomic mass is 16.5. The molecule has 4 heteroatoms. The average molecular weight is 741 g/mol. The van der Waals surface area contributed by atoms with Crippen molar-refractivity contribution in [3.63, 3.8) is 0 Å². The summed E-state index contributed by atoms with van der Waals surface area (Å²) in [4.78, 5) is 4.56. The summed E-state index contributed by atoms with van der Waals surface area (Å²) in [5.41, 5.74) is 11.6. The fourth-order valence-corrected chi connectivity index (χ4v) is 6.81. The molecule has 7 aromatic rings. The Morgan fingerprint density at radius 1 is 0.304 bits per heavy atom. The quantitative estimate of drug-likeness (QED) is 0.169. The first-order valence-corrected chi connectivity index (χ1v) is 20.3. The van der Waals surface area contributed by atoms with Gasteiger partial charge in [0.15, 0.2) is 23.0 Å². The van der Waals surface area contributed by atoms with Gasteiger partial charge in [-0.25, -0.2) is 0 Å². The van der Waals surface area contributed by atoms with Crippen LogP contribution in [0.3, 0.4) is 0 Å². The summed E-state index contributed by atoms with van der Waals surface area (Å²) in [5.74, 6) is 3.46. The van der Waals surface area contributed by atoms with Crippen LogP contribution in [-0.4, -0.2) is 0 Å². The molecule has 2 aliphatic heterocycles. The van der Waals surface area contributed by atoms with Crippen molar-refractivity contribution in [2.75, 3.05) is 9.80 Å². The van der Waals surface area contributed by atoms with E-state index < -0.39 is 0 Å². The van der Waals surface area contributed by atoms with Crippen molar-refractivity contribution in [3.05, 3.63) is 192 Å². The van der Waals surface area contributed by atoms with Gasteiger partial charge in [-0.15, -0.1) is 0 Å². The van der Waals surface area contributed by atoms with Gasteiger partial charge in [-0.3, -0.25) is 0 Å². The Morgan fingerprint density at radius 2 is 0.589 bits per heavy atom. The summed E-state index contributed by atoms with van der Waals surface area (Å²) in [6.07, 6.45) is 1.75. The second-order valence-corrected chi connectivity index (χ2v) is 12.3. The van der Waals surface area contributed by atoms with E-state index in [1.54, 1.807) is 0 Å². The van der Waals surface area contributed by atoms with Crippen molar-refractivity contribution in [1.82, 2.24) is 0 Å². The SMILES string of the molecule is CC.CC.CC.CC.c1cc(Cc2ccc(N3c4ccccc4Oc4ccccc43)cc2)cc(Cc2ccc(N3c4ccccc4Oc4ccccc43)cc2)c1. The van der Waals surface area contributed by atoms with Gasteiger partial charge in [-0.05, 0) is 108 Å². The van der Waals surface area contributed by atoms with Gasteiger partial charge in [0.05, 0.1) is 22.7 Å². The van der Waals surface area contributed by atoms with Gasteiger partial charge >= 0.3 is 0 Å². The van der Waals surface area contributed by atoms with E-state index in [1.165, 1.54) is 22.3 Å². The van der Waals surface area contributed by atoms with Crippen LogP contribution in [0, 0.1) is 0 Å². The zero-order chi connectivity index (χ0) is 39.9. The minimum atomic E-state index is 0.864. The lowest BCUT2D eigenvalue weighted by molar-refractivity contribution is 0.477. The first-order valence-electron chi connectivity index (χ1n) is 20.3. The lowest BCUT2D eigenvalue weighted by atomic mass is 9.98. The molecule has 0 spiro atoms. The molecule has 0 atom stereocenters. The minimum absolute atomic E-state index is 0.864. The highest BCUT2D eigenvalue weighted by Crippen LogP contribution is 2.51. The number of para-hydroxylation sites is 8. The molecule has 0 radical (unpaired) electrons. The Hall–Kier alpha value is -6.26. The first kappa shape index (κ1) is 40.9. The average Bonchev–Trinajstić information content (AvgIpc) is 3.28. The maximum absolute atomic E-state index is 6.20. The van der Waals surface area contributed by atoms with Gasteiger partial charge in [0, 0.05) is 11.4 Å². The van der Waals surface area contributed by atoms with Crippen molar-refractivity contribution in [3.8, 4) is 23.0 Å². The van der Waals surface area contributed by atoms with Crippen LogP contribution in [0.15, 0.2) is 170 Å². The molecule has 0 unspecified atom stereocenters. The highest BCUT2D eigenvalue weighted by molar-refractivity contribution is 5.87. The molecule has 0 aliphatic carbocycles. The van der Waals surface area contributed by atoms with E-state index in [0.29, 0.717) is 0 Å². The molecule has 0 saturated carbocycles. The molecule has 0 amide bonds. The van der Waals surface area contributed by atoms with E-state index in [2.05, 4.69) is 131 Å². The number of ether oxygens (including phenoxy) is 2. The van der Waals surface area contributed by atoms with Crippen LogP contribution in [0.1, 0.15) is 77.6 Å². The van der Waals surface area contributed by atoms with Crippen LogP contribution >= 0.6 is 0 Å². The monoisotopic (exact) mass is 740 g/mol. The fourth-order valence-electron chi connectivity index (χ4n) is 6.81. The number of anilines is 6. The normalized spacial score (nSPS) is 11.2. The number of nitrogens with zero attached hydrogens (tertiary/aromatic N) is 2. The Bertz CT molecular complexity index is 2010. The van der Waals surface area contributed by atoms with E-state index in [-0.39, 0.29) is 0 Å². The Labute approximate surface area is 335 Å². The molecular formula is C52H56N2O2. The maximum atomic E-state index is 6.20. The molecule has 4 nitrogen and oxygen atoms in total. The van der Waals surface area contributed by atoms with Crippen molar-refractivity contribution in [1.29, 1.82) is 0 Å². The third-order valence-corrected chi connectivity index (χ3v) is 9.06. The van der Waals surface area contributed by atoms with E-state index in [1.807, 2.05) is 104 Å². The molecule has 56 heavy (non-hydrogen) atoms. The summed E-state index contributed by atoms with van der Waals surface area (Å²) < 4.78 is 12.4. The van der Waals surface area contributed by atoms with Gasteiger partial charge in [-0.2, -0.15) is 0 Å². The van der Waals surface area contributed by atoms with Gasteiger partial charge < -0.3 is 19.3 Å². The molecule has 0 N–H and O–H groups in total.